The van der Waals surface area contributed by atoms with Crippen molar-refractivity contribution in [3.05, 3.63) is 78.6 Å². The quantitative estimate of drug-likeness (QED) is 0.261. The Morgan fingerprint density at radius 3 is 2.64 bits per heavy atom. The van der Waals surface area contributed by atoms with Crippen LogP contribution in [-0.4, -0.2) is 78.1 Å². The van der Waals surface area contributed by atoms with Gasteiger partial charge in [0.25, 0.3) is 0 Å². The third-order valence-corrected chi connectivity index (χ3v) is 7.65. The van der Waals surface area contributed by atoms with Crippen molar-refractivity contribution in [2.45, 2.75) is 6.54 Å². The Balaban J connectivity index is 1.36. The number of rotatable bonds is 10. The van der Waals surface area contributed by atoms with E-state index in [9.17, 15) is 10.1 Å². The van der Waals surface area contributed by atoms with Crippen LogP contribution in [0.5, 0.6) is 5.75 Å². The van der Waals surface area contributed by atoms with Gasteiger partial charge in [0.15, 0.2) is 5.82 Å². The Bertz CT molecular complexity index is 1750. The lowest BCUT2D eigenvalue weighted by Gasteiger charge is -2.56. The van der Waals surface area contributed by atoms with E-state index in [1.54, 1.807) is 17.9 Å². The minimum atomic E-state index is -0.331. The van der Waals surface area contributed by atoms with Crippen LogP contribution in [0.1, 0.15) is 11.1 Å². The molecule has 0 aliphatic carbocycles. The van der Waals surface area contributed by atoms with Crippen LogP contribution in [0.2, 0.25) is 0 Å². The maximum atomic E-state index is 12.4. The topological polar surface area (TPSA) is 133 Å². The summed E-state index contributed by atoms with van der Waals surface area (Å²) in [6, 6.07) is 15.7. The normalized spacial score (nSPS) is 14.8. The van der Waals surface area contributed by atoms with Gasteiger partial charge in [-0.2, -0.15) is 15.3 Å². The number of nitrogens with one attached hydrogen (secondary N) is 2. The lowest BCUT2D eigenvalue weighted by molar-refractivity contribution is -0.127. The van der Waals surface area contributed by atoms with Gasteiger partial charge in [-0.25, -0.2) is 9.67 Å². The van der Waals surface area contributed by atoms with Gasteiger partial charge in [-0.3, -0.25) is 4.79 Å². The Hall–Kier alpha value is -5.25. The molecule has 0 radical (unpaired) electrons. The highest BCUT2D eigenvalue weighted by molar-refractivity contribution is 6.02. The van der Waals surface area contributed by atoms with Crippen molar-refractivity contribution in [2.75, 3.05) is 63.0 Å². The van der Waals surface area contributed by atoms with Crippen LogP contribution in [0, 0.1) is 16.7 Å². The summed E-state index contributed by atoms with van der Waals surface area (Å²) < 4.78 is 12.8. The second kappa shape index (κ2) is 11.8. The van der Waals surface area contributed by atoms with Gasteiger partial charge in [0.05, 0.1) is 54.7 Å². The molecule has 1 amide bonds. The standard InChI is InChI=1S/C32H33N9O3/c1-5-28(42)35-24-11-25(27(43-4)12-26(24)40-17-32(18-40)19-44-20-32)36-31-34-14-22(13-33)30(37-31)41-16-23(15-39(2)3)29(38-41)21-9-7-6-8-10-21/h5-12,14,16H,1,15,17-20H2,2-4H3,(H,35,42)(H,34,36,37). The highest BCUT2D eigenvalue weighted by Gasteiger charge is 2.49. The van der Waals surface area contributed by atoms with Crippen LogP contribution < -0.4 is 20.3 Å². The second-order valence-corrected chi connectivity index (χ2v) is 11.3. The van der Waals surface area contributed by atoms with Crippen LogP contribution >= 0.6 is 0 Å². The van der Waals surface area contributed by atoms with Gasteiger partial charge in [-0.1, -0.05) is 36.9 Å². The number of amides is 1. The molecule has 2 aromatic heterocycles. The molecule has 1 spiro atoms. The highest BCUT2D eigenvalue weighted by atomic mass is 16.5. The fraction of sp³-hybridized carbons (Fsp3) is 0.281. The van der Waals surface area contributed by atoms with Gasteiger partial charge in [0.2, 0.25) is 11.9 Å². The van der Waals surface area contributed by atoms with E-state index in [1.807, 2.05) is 56.7 Å². The van der Waals surface area contributed by atoms with Crippen LogP contribution in [0.3, 0.4) is 0 Å². The minimum Gasteiger partial charge on any atom is -0.494 e. The molecule has 224 valence electrons. The van der Waals surface area contributed by atoms with Crippen molar-refractivity contribution in [3.63, 3.8) is 0 Å². The molecule has 0 saturated carbocycles. The number of aromatic nitrogens is 4. The molecule has 2 saturated heterocycles. The third kappa shape index (κ3) is 5.58. The predicted molar refractivity (Wildman–Crippen MR) is 167 cm³/mol. The number of carbonyl (C=O) groups excluding carboxylic acids is 1. The first kappa shape index (κ1) is 28.9. The average Bonchev–Trinajstić information content (AvgIpc) is 3.39. The molecule has 12 nitrogen and oxygen atoms in total. The molecule has 0 bridgehead atoms. The number of carbonyl (C=O) groups is 1. The molecule has 2 N–H and O–H groups in total. The van der Waals surface area contributed by atoms with Gasteiger partial charge in [0.1, 0.15) is 17.4 Å². The van der Waals surface area contributed by atoms with Gasteiger partial charge in [-0.15, -0.1) is 0 Å². The van der Waals surface area contributed by atoms with Crippen LogP contribution in [0.25, 0.3) is 17.1 Å². The predicted octanol–water partition coefficient (Wildman–Crippen LogP) is 3.98. The number of methoxy groups -OCH3 is 1. The number of nitrogens with zero attached hydrogens (tertiary/aromatic N) is 7. The van der Waals surface area contributed by atoms with Gasteiger partial charge >= 0.3 is 0 Å². The number of nitriles is 1. The summed E-state index contributed by atoms with van der Waals surface area (Å²) >= 11 is 0. The summed E-state index contributed by atoms with van der Waals surface area (Å²) in [6.45, 7) is 7.38. The highest BCUT2D eigenvalue weighted by Crippen LogP contribution is 2.45. The second-order valence-electron chi connectivity index (χ2n) is 11.3. The molecule has 12 heteroatoms. The van der Waals surface area contributed by atoms with E-state index in [1.165, 1.54) is 12.3 Å². The molecule has 4 aromatic rings. The zero-order valence-electron chi connectivity index (χ0n) is 24.9. The van der Waals surface area contributed by atoms with E-state index in [-0.39, 0.29) is 22.8 Å². The van der Waals surface area contributed by atoms with Crippen molar-refractivity contribution in [2.24, 2.45) is 5.41 Å². The molecule has 2 aliphatic heterocycles. The first-order chi connectivity index (χ1) is 21.3. The lowest BCUT2D eigenvalue weighted by atomic mass is 9.77. The zero-order chi connectivity index (χ0) is 30.8. The van der Waals surface area contributed by atoms with E-state index < -0.39 is 0 Å². The molecule has 2 aromatic carbocycles. The fourth-order valence-corrected chi connectivity index (χ4v) is 5.51. The zero-order valence-corrected chi connectivity index (χ0v) is 24.9. The summed E-state index contributed by atoms with van der Waals surface area (Å²) in [6.07, 6.45) is 4.58. The molecule has 2 aliphatic rings. The number of ether oxygens (including phenoxy) is 2. The third-order valence-electron chi connectivity index (χ3n) is 7.65. The summed E-state index contributed by atoms with van der Waals surface area (Å²) in [4.78, 5) is 25.7. The largest absolute Gasteiger partial charge is 0.494 e. The summed E-state index contributed by atoms with van der Waals surface area (Å²) in [5.41, 5.74) is 5.16. The van der Waals surface area contributed by atoms with Crippen molar-refractivity contribution < 1.29 is 14.3 Å². The van der Waals surface area contributed by atoms with Crippen molar-refractivity contribution in [3.8, 4) is 28.9 Å². The molecule has 6 rings (SSSR count). The van der Waals surface area contributed by atoms with Crippen molar-refractivity contribution in [1.29, 1.82) is 5.26 Å². The molecule has 0 atom stereocenters. The lowest BCUT2D eigenvalue weighted by Crippen LogP contribution is -2.66. The molecular weight excluding hydrogens is 558 g/mol. The first-order valence-electron chi connectivity index (χ1n) is 14.1. The number of anilines is 4. The first-order valence-corrected chi connectivity index (χ1v) is 14.1. The van der Waals surface area contributed by atoms with Crippen LogP contribution in [-0.2, 0) is 16.1 Å². The minimum absolute atomic E-state index is 0.176. The monoisotopic (exact) mass is 591 g/mol. The summed E-state index contributed by atoms with van der Waals surface area (Å²) in [7, 11) is 5.56. The molecular formula is C32H33N9O3. The molecule has 2 fully saturated rings. The molecule has 44 heavy (non-hydrogen) atoms. The SMILES string of the molecule is C=CC(=O)Nc1cc(Nc2ncc(C#N)c(-n3cc(CN(C)C)c(-c4ccccc4)n3)n2)c(OC)cc1N1CC2(COC2)C1. The molecule has 4 heterocycles. The number of hydrogen-bond donors (Lipinski definition) is 2. The van der Waals surface area contributed by atoms with Gasteiger partial charge in [-0.05, 0) is 26.2 Å². The van der Waals surface area contributed by atoms with E-state index in [4.69, 9.17) is 19.6 Å². The van der Waals surface area contributed by atoms with Crippen molar-refractivity contribution in [1.82, 2.24) is 24.6 Å². The maximum Gasteiger partial charge on any atom is 0.247 e. The molecule has 0 unspecified atom stereocenters. The Kier molecular flexibility index (Phi) is 7.73. The number of benzene rings is 2. The van der Waals surface area contributed by atoms with Crippen LogP contribution in [0.15, 0.2) is 67.5 Å². The van der Waals surface area contributed by atoms with E-state index >= 15 is 0 Å². The van der Waals surface area contributed by atoms with Crippen LogP contribution in [0.4, 0.5) is 23.0 Å². The van der Waals surface area contributed by atoms with Gasteiger partial charge in [0, 0.05) is 43.0 Å². The van der Waals surface area contributed by atoms with Gasteiger partial charge < -0.3 is 29.9 Å². The maximum absolute atomic E-state index is 12.4. The number of hydrogen-bond acceptors (Lipinski definition) is 10. The summed E-state index contributed by atoms with van der Waals surface area (Å²) in [5, 5.41) is 20.9. The Labute approximate surface area is 255 Å². The van der Waals surface area contributed by atoms with E-state index in [0.717, 1.165) is 48.8 Å². The Morgan fingerprint density at radius 1 is 1.23 bits per heavy atom. The smallest absolute Gasteiger partial charge is 0.247 e. The van der Waals surface area contributed by atoms with E-state index in [0.29, 0.717) is 29.5 Å². The van der Waals surface area contributed by atoms with Crippen molar-refractivity contribution >= 4 is 28.9 Å². The fourth-order valence-electron chi connectivity index (χ4n) is 5.51. The average molecular weight is 592 g/mol. The Morgan fingerprint density at radius 2 is 2.00 bits per heavy atom. The van der Waals surface area contributed by atoms with E-state index in [2.05, 4.69) is 38.1 Å². The summed E-state index contributed by atoms with van der Waals surface area (Å²) in [5.74, 6) is 0.765.